The van der Waals surface area contributed by atoms with Gasteiger partial charge in [0.15, 0.2) is 0 Å². The van der Waals surface area contributed by atoms with Crippen molar-refractivity contribution in [3.63, 3.8) is 0 Å². The van der Waals surface area contributed by atoms with Crippen molar-refractivity contribution in [1.82, 2.24) is 0 Å². The number of unbranched alkanes of at least 4 members (excludes halogenated alkanes) is 1. The number of hydrogen-bond acceptors (Lipinski definition) is 4. The molecule has 0 spiro atoms. The van der Waals surface area contributed by atoms with Crippen LogP contribution >= 0.6 is 0 Å². The molecule has 0 atom stereocenters. The molecule has 14 heavy (non-hydrogen) atoms. The van der Waals surface area contributed by atoms with Crippen LogP contribution in [0.2, 0.25) is 0 Å². The first-order chi connectivity index (χ1) is 5.21. The van der Waals surface area contributed by atoms with Crippen LogP contribution in [-0.2, 0) is 20.2 Å². The van der Waals surface area contributed by atoms with Crippen molar-refractivity contribution < 1.29 is 132 Å². The van der Waals surface area contributed by atoms with Gasteiger partial charge in [0.1, 0.15) is 0 Å². The summed E-state index contributed by atoms with van der Waals surface area (Å²) in [5.41, 5.74) is 0. The first-order valence-electron chi connectivity index (χ1n) is 3.11. The Bertz CT molecular complexity index is 294. The Morgan fingerprint density at radius 2 is 1.00 bits per heavy atom. The second-order valence-electron chi connectivity index (χ2n) is 2.28. The molecule has 78 valence electrons. The van der Waals surface area contributed by atoms with E-state index in [4.69, 9.17) is 9.11 Å². The van der Waals surface area contributed by atoms with Crippen LogP contribution in [0.25, 0.3) is 0 Å². The van der Waals surface area contributed by atoms with E-state index in [1.54, 1.807) is 0 Å². The fourth-order valence-corrected chi connectivity index (χ4v) is 1.71. The van der Waals surface area contributed by atoms with Gasteiger partial charge in [-0.15, -0.1) is 0 Å². The summed E-state index contributed by atoms with van der Waals surface area (Å²) in [7, 11) is -8.04. The second kappa shape index (κ2) is 10.1. The molecule has 0 aliphatic heterocycles. The largest absolute Gasteiger partial charge is 1.00 e. The van der Waals surface area contributed by atoms with E-state index < -0.39 is 31.7 Å². The molecule has 0 bridgehead atoms. The van der Waals surface area contributed by atoms with Gasteiger partial charge in [-0.1, -0.05) is 0 Å². The molecule has 0 heterocycles. The summed E-state index contributed by atoms with van der Waals surface area (Å²) in [6.45, 7) is 0. The molecule has 0 aromatic rings. The predicted octanol–water partition coefficient (Wildman–Crippen LogP) is -6.22. The van der Waals surface area contributed by atoms with Gasteiger partial charge in [0.25, 0.3) is 20.2 Å². The summed E-state index contributed by atoms with van der Waals surface area (Å²) in [6, 6.07) is 0. The van der Waals surface area contributed by atoms with E-state index in [1.165, 1.54) is 0 Å². The van der Waals surface area contributed by atoms with E-state index in [0.717, 1.165) is 0 Å². The van der Waals surface area contributed by atoms with Crippen molar-refractivity contribution in [1.29, 1.82) is 0 Å². The molecule has 0 rings (SSSR count). The van der Waals surface area contributed by atoms with Crippen molar-refractivity contribution in [3.05, 3.63) is 0 Å². The van der Waals surface area contributed by atoms with E-state index in [2.05, 4.69) is 0 Å². The van der Waals surface area contributed by atoms with Crippen LogP contribution in [0.3, 0.4) is 0 Å². The summed E-state index contributed by atoms with van der Waals surface area (Å²) in [5.74, 6) is -0.967. The van der Waals surface area contributed by atoms with Crippen LogP contribution in [0.4, 0.5) is 0 Å². The summed E-state index contributed by atoms with van der Waals surface area (Å²) < 4.78 is 56.8. The fourth-order valence-electron chi connectivity index (χ4n) is 0.569. The average molecular weight is 298 g/mol. The van der Waals surface area contributed by atoms with Gasteiger partial charge in [-0.2, -0.15) is 16.8 Å². The minimum atomic E-state index is -4.02. The molecule has 0 radical (unpaired) electrons. The van der Waals surface area contributed by atoms with E-state index >= 15 is 0 Å². The average Bonchev–Trinajstić information content (AvgIpc) is 1.76. The van der Waals surface area contributed by atoms with Crippen LogP contribution < -0.4 is 103 Å². The second-order valence-corrected chi connectivity index (χ2v) is 5.42. The van der Waals surface area contributed by atoms with Crippen LogP contribution in [0, 0.1) is 0 Å². The molecule has 0 unspecified atom stereocenters. The predicted molar refractivity (Wildman–Crippen MR) is 44.3 cm³/mol. The zero-order valence-corrected chi connectivity index (χ0v) is 16.1. The van der Waals surface area contributed by atoms with Gasteiger partial charge in [-0.25, -0.2) is 0 Å². The molecule has 0 aromatic carbocycles. The minimum Gasteiger partial charge on any atom is -1.00 e. The van der Waals surface area contributed by atoms with Crippen LogP contribution in [0.15, 0.2) is 0 Å². The molecule has 0 amide bonds. The minimum absolute atomic E-state index is 0. The van der Waals surface area contributed by atoms with Gasteiger partial charge in [-0.3, -0.25) is 9.11 Å². The quantitative estimate of drug-likeness (QED) is 0.297. The fraction of sp³-hybridized carbons (Fsp3) is 1.00. The Balaban J connectivity index is -0.000000101. The summed E-state index contributed by atoms with van der Waals surface area (Å²) >= 11 is 0. The molecule has 0 fully saturated rings. The van der Waals surface area contributed by atoms with Gasteiger partial charge in [-0.05, 0) is 12.8 Å². The van der Waals surface area contributed by atoms with E-state index in [-0.39, 0.29) is 118 Å². The SMILES string of the molecule is O=S(=O)(O)CCCCS(=O)(=O)O.[H-].[H-].[K+].[K+]. The maximum Gasteiger partial charge on any atom is 1.00 e. The zero-order valence-electron chi connectivity index (χ0n) is 10.2. The number of rotatable bonds is 5. The van der Waals surface area contributed by atoms with Crippen molar-refractivity contribution in [2.75, 3.05) is 11.5 Å². The Morgan fingerprint density at radius 3 is 1.14 bits per heavy atom. The summed E-state index contributed by atoms with van der Waals surface area (Å²) in [4.78, 5) is 0. The molecular weight excluding hydrogens is 286 g/mol. The Kier molecular flexibility index (Phi) is 16.0. The summed E-state index contributed by atoms with van der Waals surface area (Å²) in [6.07, 6.45) is 0.0250. The van der Waals surface area contributed by atoms with E-state index in [1.807, 2.05) is 0 Å². The monoisotopic (exact) mass is 298 g/mol. The maximum absolute atomic E-state index is 10.1. The Hall–Kier alpha value is 3.09. The smallest absolute Gasteiger partial charge is 1.00 e. The van der Waals surface area contributed by atoms with Crippen molar-refractivity contribution in [3.8, 4) is 0 Å². The topological polar surface area (TPSA) is 109 Å². The molecule has 0 aliphatic rings. The van der Waals surface area contributed by atoms with Gasteiger partial charge in [0, 0.05) is 0 Å². The normalized spacial score (nSPS) is 11.3. The molecule has 0 aromatic heterocycles. The van der Waals surface area contributed by atoms with Crippen LogP contribution in [-0.4, -0.2) is 37.4 Å². The van der Waals surface area contributed by atoms with Crippen molar-refractivity contribution in [2.24, 2.45) is 0 Å². The van der Waals surface area contributed by atoms with Crippen LogP contribution in [0.1, 0.15) is 15.7 Å². The summed E-state index contributed by atoms with van der Waals surface area (Å²) in [5, 5.41) is 0. The third-order valence-corrected chi connectivity index (χ3v) is 2.66. The standard InChI is InChI=1S/C4H10O6S2.2K.2H/c5-11(6,7)3-1-2-4-12(8,9)10;;;;/h1-4H2,(H,5,6,7)(H,8,9,10);;;;/q;2*+1;2*-1. The Labute approximate surface area is 172 Å². The molecule has 0 aliphatic carbocycles. The third-order valence-electron chi connectivity index (χ3n) is 1.05. The van der Waals surface area contributed by atoms with Gasteiger partial charge in [0.2, 0.25) is 0 Å². The molecule has 10 heteroatoms. The van der Waals surface area contributed by atoms with Gasteiger partial charge in [0.05, 0.1) is 11.5 Å². The van der Waals surface area contributed by atoms with Crippen molar-refractivity contribution >= 4 is 20.2 Å². The third kappa shape index (κ3) is 20.5. The maximum atomic E-state index is 10.1. The zero-order chi connectivity index (χ0) is 9.83. The van der Waals surface area contributed by atoms with E-state index in [0.29, 0.717) is 0 Å². The first kappa shape index (κ1) is 22.3. The van der Waals surface area contributed by atoms with Gasteiger partial charge >= 0.3 is 103 Å². The molecule has 0 saturated heterocycles. The van der Waals surface area contributed by atoms with Crippen molar-refractivity contribution in [2.45, 2.75) is 12.8 Å². The molecular formula is C4H12K2O6S2. The molecule has 6 nitrogen and oxygen atoms in total. The van der Waals surface area contributed by atoms with Crippen LogP contribution in [0.5, 0.6) is 0 Å². The first-order valence-corrected chi connectivity index (χ1v) is 6.33. The molecule has 0 saturated carbocycles. The molecule has 2 N–H and O–H groups in total. The Morgan fingerprint density at radius 1 is 0.786 bits per heavy atom. The van der Waals surface area contributed by atoms with E-state index in [9.17, 15) is 16.8 Å². The number of hydrogen-bond donors (Lipinski definition) is 2. The van der Waals surface area contributed by atoms with Gasteiger partial charge < -0.3 is 2.85 Å².